The summed E-state index contributed by atoms with van der Waals surface area (Å²) in [5, 5.41) is 17.7. The average molecular weight is 251 g/mol. The molecule has 1 N–H and O–H groups in total. The number of nitrogens with zero attached hydrogens (tertiary/aromatic N) is 4. The summed E-state index contributed by atoms with van der Waals surface area (Å²) >= 11 is 1.58. The Labute approximate surface area is 105 Å². The summed E-state index contributed by atoms with van der Waals surface area (Å²) in [6, 6.07) is 1.99. The quantitative estimate of drug-likeness (QED) is 0.857. The molecule has 0 unspecified atom stereocenters. The highest BCUT2D eigenvalue weighted by molar-refractivity contribution is 7.18. The second-order valence-electron chi connectivity index (χ2n) is 3.78. The van der Waals surface area contributed by atoms with Crippen molar-refractivity contribution in [1.82, 2.24) is 20.0 Å². The highest BCUT2D eigenvalue weighted by Crippen LogP contribution is 2.26. The van der Waals surface area contributed by atoms with Gasteiger partial charge in [0.15, 0.2) is 5.01 Å². The lowest BCUT2D eigenvalue weighted by atomic mass is 10.4. The summed E-state index contributed by atoms with van der Waals surface area (Å²) in [5.41, 5.74) is 1.05. The van der Waals surface area contributed by atoms with Crippen LogP contribution in [0.25, 0.3) is 10.7 Å². The van der Waals surface area contributed by atoms with Crippen LogP contribution in [0.4, 0.5) is 5.13 Å². The van der Waals surface area contributed by atoms with Gasteiger partial charge in [0.05, 0.1) is 5.69 Å². The van der Waals surface area contributed by atoms with E-state index in [9.17, 15) is 0 Å². The molecule has 0 saturated heterocycles. The van der Waals surface area contributed by atoms with Crippen molar-refractivity contribution in [2.45, 2.75) is 33.2 Å². The van der Waals surface area contributed by atoms with Gasteiger partial charge in [-0.15, -0.1) is 10.2 Å². The standard InChI is InChI=1S/C11H17N5S/c1-3-6-12-11-15-14-10(17-11)9-5-7-13-16(9)8-4-2/h5,7H,3-4,6,8H2,1-2H3,(H,12,15). The molecule has 6 heteroatoms. The molecule has 2 aromatic heterocycles. The summed E-state index contributed by atoms with van der Waals surface area (Å²) in [6.45, 7) is 6.12. The molecule has 0 bridgehead atoms. The number of hydrogen-bond acceptors (Lipinski definition) is 5. The zero-order chi connectivity index (χ0) is 12.1. The molecule has 0 aliphatic heterocycles. The van der Waals surface area contributed by atoms with Gasteiger partial charge in [-0.1, -0.05) is 25.2 Å². The number of aromatic nitrogens is 4. The van der Waals surface area contributed by atoms with Gasteiger partial charge in [0.2, 0.25) is 5.13 Å². The third-order valence-electron chi connectivity index (χ3n) is 2.32. The van der Waals surface area contributed by atoms with Crippen molar-refractivity contribution in [1.29, 1.82) is 0 Å². The third-order valence-corrected chi connectivity index (χ3v) is 3.23. The van der Waals surface area contributed by atoms with Crippen molar-refractivity contribution in [3.8, 4) is 10.7 Å². The summed E-state index contributed by atoms with van der Waals surface area (Å²) in [7, 11) is 0. The van der Waals surface area contributed by atoms with Gasteiger partial charge in [0.1, 0.15) is 0 Å². The van der Waals surface area contributed by atoms with Crippen LogP contribution in [0, 0.1) is 0 Å². The predicted molar refractivity (Wildman–Crippen MR) is 70.2 cm³/mol. The highest BCUT2D eigenvalue weighted by atomic mass is 32.1. The topological polar surface area (TPSA) is 55.6 Å². The van der Waals surface area contributed by atoms with E-state index in [4.69, 9.17) is 0 Å². The van der Waals surface area contributed by atoms with E-state index in [-0.39, 0.29) is 0 Å². The first-order chi connectivity index (χ1) is 8.35. The minimum atomic E-state index is 0.881. The van der Waals surface area contributed by atoms with Crippen LogP contribution in [0.3, 0.4) is 0 Å². The van der Waals surface area contributed by atoms with Gasteiger partial charge in [-0.3, -0.25) is 4.68 Å². The molecule has 0 spiro atoms. The summed E-state index contributed by atoms with van der Waals surface area (Å²) in [4.78, 5) is 0. The van der Waals surface area contributed by atoms with Gasteiger partial charge in [-0.2, -0.15) is 5.10 Å². The number of rotatable bonds is 6. The fraction of sp³-hybridized carbons (Fsp3) is 0.545. The van der Waals surface area contributed by atoms with Gasteiger partial charge in [0, 0.05) is 19.3 Å². The molecule has 0 aromatic carbocycles. The normalized spacial score (nSPS) is 10.7. The van der Waals surface area contributed by atoms with Crippen LogP contribution in [0.2, 0.25) is 0 Å². The predicted octanol–water partition coefficient (Wildman–Crippen LogP) is 2.63. The largest absolute Gasteiger partial charge is 0.360 e. The lowest BCUT2D eigenvalue weighted by molar-refractivity contribution is 0.608. The van der Waals surface area contributed by atoms with Crippen LogP contribution in [-0.2, 0) is 6.54 Å². The van der Waals surface area contributed by atoms with E-state index < -0.39 is 0 Å². The number of nitrogens with one attached hydrogen (secondary N) is 1. The Bertz CT molecular complexity index is 462. The zero-order valence-electron chi connectivity index (χ0n) is 10.2. The highest BCUT2D eigenvalue weighted by Gasteiger charge is 2.10. The average Bonchev–Trinajstić information content (AvgIpc) is 2.95. The lowest BCUT2D eigenvalue weighted by Gasteiger charge is -2.01. The molecule has 0 fully saturated rings. The fourth-order valence-corrected chi connectivity index (χ4v) is 2.33. The summed E-state index contributed by atoms with van der Waals surface area (Å²) in [6.07, 6.45) is 3.96. The fourth-order valence-electron chi connectivity index (χ4n) is 1.53. The van der Waals surface area contributed by atoms with Crippen molar-refractivity contribution in [3.05, 3.63) is 12.3 Å². The van der Waals surface area contributed by atoms with Crippen molar-refractivity contribution >= 4 is 16.5 Å². The Hall–Kier alpha value is -1.43. The number of anilines is 1. The molecule has 2 heterocycles. The van der Waals surface area contributed by atoms with Gasteiger partial charge in [-0.25, -0.2) is 0 Å². The first-order valence-corrected chi connectivity index (χ1v) is 6.76. The monoisotopic (exact) mass is 251 g/mol. The van der Waals surface area contributed by atoms with Crippen molar-refractivity contribution < 1.29 is 0 Å². The van der Waals surface area contributed by atoms with Crippen LogP contribution in [0.1, 0.15) is 26.7 Å². The van der Waals surface area contributed by atoms with E-state index >= 15 is 0 Å². The lowest BCUT2D eigenvalue weighted by Crippen LogP contribution is -2.00. The summed E-state index contributed by atoms with van der Waals surface area (Å²) in [5.74, 6) is 0. The van der Waals surface area contributed by atoms with Crippen LogP contribution in [-0.4, -0.2) is 26.5 Å². The van der Waals surface area contributed by atoms with E-state index in [2.05, 4.69) is 34.5 Å². The van der Waals surface area contributed by atoms with Gasteiger partial charge >= 0.3 is 0 Å². The minimum Gasteiger partial charge on any atom is -0.360 e. The van der Waals surface area contributed by atoms with E-state index in [1.165, 1.54) is 0 Å². The Morgan fingerprint density at radius 3 is 2.94 bits per heavy atom. The molecule has 0 aliphatic rings. The first kappa shape index (κ1) is 12.0. The molecule has 0 atom stereocenters. The maximum Gasteiger partial charge on any atom is 0.206 e. The van der Waals surface area contributed by atoms with Gasteiger partial charge in [-0.05, 0) is 18.9 Å². The minimum absolute atomic E-state index is 0.881. The van der Waals surface area contributed by atoms with Crippen molar-refractivity contribution in [2.24, 2.45) is 0 Å². The second kappa shape index (κ2) is 5.77. The SMILES string of the molecule is CCCNc1nnc(-c2ccnn2CCC)s1. The number of hydrogen-bond donors (Lipinski definition) is 1. The Kier molecular flexibility index (Phi) is 4.08. The molecule has 0 aliphatic carbocycles. The third kappa shape index (κ3) is 2.82. The van der Waals surface area contributed by atoms with Gasteiger partial charge in [0.25, 0.3) is 0 Å². The first-order valence-electron chi connectivity index (χ1n) is 5.94. The Morgan fingerprint density at radius 1 is 1.29 bits per heavy atom. The molecule has 5 nitrogen and oxygen atoms in total. The molecular formula is C11H17N5S. The second-order valence-corrected chi connectivity index (χ2v) is 4.76. The molecule has 92 valence electrons. The molecule has 0 radical (unpaired) electrons. The van der Waals surface area contributed by atoms with E-state index in [0.717, 1.165) is 41.8 Å². The van der Waals surface area contributed by atoms with E-state index in [0.29, 0.717) is 0 Å². The molecular weight excluding hydrogens is 234 g/mol. The molecule has 2 aromatic rings. The molecule has 0 saturated carbocycles. The molecule has 2 rings (SSSR count). The maximum absolute atomic E-state index is 4.29. The van der Waals surface area contributed by atoms with Crippen LogP contribution >= 0.6 is 11.3 Å². The summed E-state index contributed by atoms with van der Waals surface area (Å²) < 4.78 is 1.98. The van der Waals surface area contributed by atoms with E-state index in [1.807, 2.05) is 16.9 Å². The molecule has 17 heavy (non-hydrogen) atoms. The Balaban J connectivity index is 2.15. The van der Waals surface area contributed by atoms with Crippen molar-refractivity contribution in [3.63, 3.8) is 0 Å². The smallest absolute Gasteiger partial charge is 0.206 e. The van der Waals surface area contributed by atoms with Crippen molar-refractivity contribution in [2.75, 3.05) is 11.9 Å². The molecule has 0 amide bonds. The van der Waals surface area contributed by atoms with Gasteiger partial charge < -0.3 is 5.32 Å². The van der Waals surface area contributed by atoms with Crippen LogP contribution in [0.15, 0.2) is 12.3 Å². The zero-order valence-corrected chi connectivity index (χ0v) is 11.0. The van der Waals surface area contributed by atoms with Crippen LogP contribution < -0.4 is 5.32 Å². The van der Waals surface area contributed by atoms with E-state index in [1.54, 1.807) is 11.3 Å². The maximum atomic E-state index is 4.29. The number of aryl methyl sites for hydroxylation is 1. The van der Waals surface area contributed by atoms with Crippen LogP contribution in [0.5, 0.6) is 0 Å². The Morgan fingerprint density at radius 2 is 2.18 bits per heavy atom.